The van der Waals surface area contributed by atoms with Crippen LogP contribution in [0.5, 0.6) is 0 Å². The van der Waals surface area contributed by atoms with Gasteiger partial charge in [-0.3, -0.25) is 0 Å². The topological polar surface area (TPSA) is 86.2 Å². The van der Waals surface area contributed by atoms with E-state index in [4.69, 9.17) is 5.73 Å². The third kappa shape index (κ3) is 1.85. The summed E-state index contributed by atoms with van der Waals surface area (Å²) in [5.41, 5.74) is 4.14. The molecule has 1 aromatic carbocycles. The van der Waals surface area contributed by atoms with E-state index in [1.807, 2.05) is 0 Å². The summed E-state index contributed by atoms with van der Waals surface area (Å²) in [6.07, 6.45) is -0.0859. The van der Waals surface area contributed by atoms with Crippen LogP contribution in [0.2, 0.25) is 0 Å². The molecule has 0 bridgehead atoms. The first-order chi connectivity index (χ1) is 7.21. The van der Waals surface area contributed by atoms with Gasteiger partial charge >= 0.3 is 0 Å². The molecule has 0 heterocycles. The highest BCUT2D eigenvalue weighted by Crippen LogP contribution is 2.30. The quantitative estimate of drug-likeness (QED) is 0.607. The molecule has 8 heteroatoms. The Balaban J connectivity index is 3.84. The molecule has 0 aliphatic rings. The lowest BCUT2D eigenvalue weighted by atomic mass is 10.1. The Bertz CT molecular complexity index is 543. The minimum absolute atomic E-state index is 0.0859. The molecule has 0 aliphatic heterocycles. The van der Waals surface area contributed by atoms with Crippen molar-refractivity contribution in [1.29, 1.82) is 0 Å². The molecule has 4 N–H and O–H groups in total. The Morgan fingerprint density at radius 2 is 1.62 bits per heavy atom. The number of nitrogen functional groups attached to an aromatic ring is 1. The second-order valence-corrected chi connectivity index (χ2v) is 4.56. The zero-order valence-corrected chi connectivity index (χ0v) is 9.04. The van der Waals surface area contributed by atoms with Crippen LogP contribution in [0.3, 0.4) is 0 Å². The van der Waals surface area contributed by atoms with Crippen molar-refractivity contribution in [2.24, 2.45) is 5.14 Å². The fourth-order valence-corrected chi connectivity index (χ4v) is 2.09. The van der Waals surface area contributed by atoms with Crippen molar-refractivity contribution in [3.63, 3.8) is 0 Å². The Kier molecular flexibility index (Phi) is 3.15. The van der Waals surface area contributed by atoms with Gasteiger partial charge in [-0.15, -0.1) is 0 Å². The van der Waals surface area contributed by atoms with Crippen LogP contribution in [-0.2, 0) is 16.4 Å². The molecular weight excluding hydrogens is 245 g/mol. The second kappa shape index (κ2) is 3.95. The summed E-state index contributed by atoms with van der Waals surface area (Å²) in [4.78, 5) is -1.21. The normalized spacial score (nSPS) is 11.8. The largest absolute Gasteiger partial charge is 0.397 e. The number of rotatable bonds is 2. The lowest BCUT2D eigenvalue weighted by Gasteiger charge is -2.11. The number of halogens is 3. The molecule has 0 saturated carbocycles. The summed E-state index contributed by atoms with van der Waals surface area (Å²) in [6, 6.07) is 0. The zero-order chi connectivity index (χ0) is 12.7. The lowest BCUT2D eigenvalue weighted by Crippen LogP contribution is -2.19. The van der Waals surface area contributed by atoms with Gasteiger partial charge in [0.2, 0.25) is 10.0 Å². The number of hydrogen-bond acceptors (Lipinski definition) is 3. The average molecular weight is 254 g/mol. The maximum atomic E-state index is 13.2. The van der Waals surface area contributed by atoms with Crippen molar-refractivity contribution >= 4 is 15.7 Å². The van der Waals surface area contributed by atoms with Gasteiger partial charge in [-0.05, 0) is 6.42 Å². The van der Waals surface area contributed by atoms with Crippen LogP contribution in [0, 0.1) is 17.5 Å². The van der Waals surface area contributed by atoms with Crippen LogP contribution in [-0.4, -0.2) is 8.42 Å². The first-order valence-electron chi connectivity index (χ1n) is 4.19. The highest BCUT2D eigenvalue weighted by Gasteiger charge is 2.28. The van der Waals surface area contributed by atoms with Gasteiger partial charge in [-0.2, -0.15) is 0 Å². The molecule has 1 aromatic rings. The molecule has 0 amide bonds. The first kappa shape index (κ1) is 12.8. The van der Waals surface area contributed by atoms with Crippen molar-refractivity contribution in [3.8, 4) is 0 Å². The molecule has 0 unspecified atom stereocenters. The van der Waals surface area contributed by atoms with Crippen LogP contribution in [0.4, 0.5) is 18.9 Å². The van der Waals surface area contributed by atoms with Gasteiger partial charge in [0.25, 0.3) is 0 Å². The number of nitrogens with two attached hydrogens (primary N) is 2. The van der Waals surface area contributed by atoms with Crippen LogP contribution in [0.15, 0.2) is 4.90 Å². The standard InChI is InChI=1S/C8H9F3N2O2S/c1-2-3-4(9)5(10)6(11)8(7(3)12)16(13,14)15/h2,12H2,1H3,(H2,13,14,15). The summed E-state index contributed by atoms with van der Waals surface area (Å²) >= 11 is 0. The molecule has 0 aliphatic carbocycles. The molecule has 4 nitrogen and oxygen atoms in total. The van der Waals surface area contributed by atoms with E-state index in [9.17, 15) is 21.6 Å². The predicted octanol–water partition coefficient (Wildman–Crippen LogP) is 0.896. The van der Waals surface area contributed by atoms with Gasteiger partial charge in [0.15, 0.2) is 17.5 Å². The van der Waals surface area contributed by atoms with Crippen molar-refractivity contribution in [3.05, 3.63) is 23.0 Å². The first-order valence-corrected chi connectivity index (χ1v) is 5.74. The van der Waals surface area contributed by atoms with Gasteiger partial charge in [-0.1, -0.05) is 6.92 Å². The fraction of sp³-hybridized carbons (Fsp3) is 0.250. The van der Waals surface area contributed by atoms with E-state index >= 15 is 0 Å². The number of hydrogen-bond donors (Lipinski definition) is 2. The summed E-state index contributed by atoms with van der Waals surface area (Å²) in [7, 11) is -4.54. The van der Waals surface area contributed by atoms with E-state index in [0.29, 0.717) is 0 Å². The van der Waals surface area contributed by atoms with Crippen molar-refractivity contribution in [2.75, 3.05) is 5.73 Å². The summed E-state index contributed by atoms with van der Waals surface area (Å²) < 4.78 is 61.3. The van der Waals surface area contributed by atoms with Gasteiger partial charge in [0.1, 0.15) is 4.90 Å². The summed E-state index contributed by atoms with van der Waals surface area (Å²) in [5.74, 6) is -5.28. The summed E-state index contributed by atoms with van der Waals surface area (Å²) in [5, 5.41) is 4.66. The second-order valence-electron chi connectivity index (χ2n) is 3.06. The molecular formula is C8H9F3N2O2S. The Labute approximate surface area is 90.1 Å². The van der Waals surface area contributed by atoms with Crippen LogP contribution in [0.25, 0.3) is 0 Å². The van der Waals surface area contributed by atoms with Gasteiger partial charge < -0.3 is 5.73 Å². The smallest absolute Gasteiger partial charge is 0.243 e. The van der Waals surface area contributed by atoms with E-state index in [0.717, 1.165) is 0 Å². The third-order valence-electron chi connectivity index (χ3n) is 2.06. The molecule has 0 atom stereocenters. The van der Waals surface area contributed by atoms with E-state index in [2.05, 4.69) is 5.14 Å². The fourth-order valence-electron chi connectivity index (χ4n) is 1.33. The van der Waals surface area contributed by atoms with Crippen molar-refractivity contribution in [2.45, 2.75) is 18.2 Å². The molecule has 16 heavy (non-hydrogen) atoms. The van der Waals surface area contributed by atoms with Crippen molar-refractivity contribution < 1.29 is 21.6 Å². The Morgan fingerprint density at radius 1 is 1.12 bits per heavy atom. The molecule has 1 rings (SSSR count). The number of benzene rings is 1. The Hall–Kier alpha value is -1.28. The van der Waals surface area contributed by atoms with Crippen molar-refractivity contribution in [1.82, 2.24) is 0 Å². The number of primary sulfonamides is 1. The maximum absolute atomic E-state index is 13.2. The molecule has 0 saturated heterocycles. The van der Waals surface area contributed by atoms with Gasteiger partial charge in [-0.25, -0.2) is 26.7 Å². The van der Waals surface area contributed by atoms with Gasteiger partial charge in [0, 0.05) is 5.56 Å². The SMILES string of the molecule is CCc1c(N)c(S(N)(=O)=O)c(F)c(F)c1F. The highest BCUT2D eigenvalue weighted by atomic mass is 32.2. The lowest BCUT2D eigenvalue weighted by molar-refractivity contribution is 0.428. The van der Waals surface area contributed by atoms with E-state index in [-0.39, 0.29) is 6.42 Å². The minimum atomic E-state index is -4.54. The molecule has 0 aromatic heterocycles. The number of anilines is 1. The molecule has 0 radical (unpaired) electrons. The highest BCUT2D eigenvalue weighted by molar-refractivity contribution is 7.89. The zero-order valence-electron chi connectivity index (χ0n) is 8.22. The van der Waals surface area contributed by atoms with Gasteiger partial charge in [0.05, 0.1) is 5.69 Å². The monoisotopic (exact) mass is 254 g/mol. The molecule has 90 valence electrons. The molecule has 0 fully saturated rings. The Morgan fingerprint density at radius 3 is 2.00 bits per heavy atom. The predicted molar refractivity (Wildman–Crippen MR) is 51.5 cm³/mol. The third-order valence-corrected chi connectivity index (χ3v) is 3.03. The van der Waals surface area contributed by atoms with E-state index < -0.39 is 43.6 Å². The maximum Gasteiger partial charge on any atom is 0.243 e. The molecule has 0 spiro atoms. The van der Waals surface area contributed by atoms with E-state index in [1.165, 1.54) is 6.92 Å². The van der Waals surface area contributed by atoms with Crippen LogP contribution in [0.1, 0.15) is 12.5 Å². The van der Waals surface area contributed by atoms with Crippen LogP contribution >= 0.6 is 0 Å². The minimum Gasteiger partial charge on any atom is -0.397 e. The van der Waals surface area contributed by atoms with Crippen LogP contribution < -0.4 is 10.9 Å². The van der Waals surface area contributed by atoms with E-state index in [1.54, 1.807) is 0 Å². The number of sulfonamides is 1. The average Bonchev–Trinajstić information content (AvgIpc) is 2.13. The summed E-state index contributed by atoms with van der Waals surface area (Å²) in [6.45, 7) is 1.42.